The second-order valence-electron chi connectivity index (χ2n) is 4.13. The third-order valence-corrected chi connectivity index (χ3v) is 3.86. The highest BCUT2D eigenvalue weighted by Crippen LogP contribution is 2.33. The van der Waals surface area contributed by atoms with Gasteiger partial charge in [-0.3, -0.25) is 0 Å². The maximum atomic E-state index is 11.1. The highest BCUT2D eigenvalue weighted by Gasteiger charge is 2.22. The summed E-state index contributed by atoms with van der Waals surface area (Å²) in [7, 11) is 0. The quantitative estimate of drug-likeness (QED) is 0.888. The molecule has 1 saturated heterocycles. The van der Waals surface area contributed by atoms with Gasteiger partial charge >= 0.3 is 5.97 Å². The smallest absolute Gasteiger partial charge is 0.335 e. The van der Waals surface area contributed by atoms with Crippen molar-refractivity contribution in [3.63, 3.8) is 0 Å². The van der Waals surface area contributed by atoms with Crippen LogP contribution < -0.4 is 0 Å². The average Bonchev–Trinajstić information content (AvgIpc) is 2.98. The molecule has 1 N–H and O–H groups in total. The molecule has 1 fully saturated rings. The van der Waals surface area contributed by atoms with Gasteiger partial charge in [0.05, 0.1) is 27.9 Å². The van der Waals surface area contributed by atoms with Crippen LogP contribution in [0.4, 0.5) is 0 Å². The van der Waals surface area contributed by atoms with Gasteiger partial charge in [-0.25, -0.2) is 9.78 Å². The number of carboxylic acid groups (broad SMARTS) is 1. The number of nitrogens with zero attached hydrogens (tertiary/aromatic N) is 1. The van der Waals surface area contributed by atoms with E-state index < -0.39 is 5.97 Å². The lowest BCUT2D eigenvalue weighted by Gasteiger charge is -2.09. The Morgan fingerprint density at radius 3 is 3.12 bits per heavy atom. The van der Waals surface area contributed by atoms with Gasteiger partial charge < -0.3 is 9.84 Å². The molecule has 1 unspecified atom stereocenters. The number of thiazole rings is 1. The Kier molecular flexibility index (Phi) is 2.57. The highest BCUT2D eigenvalue weighted by molar-refractivity contribution is 7.16. The zero-order chi connectivity index (χ0) is 11.8. The summed E-state index contributed by atoms with van der Waals surface area (Å²) in [6, 6.07) is 3.43. The molecule has 1 aromatic carbocycles. The number of hydrogen-bond donors (Lipinski definition) is 1. The van der Waals surface area contributed by atoms with Crippen LogP contribution >= 0.6 is 11.3 Å². The van der Waals surface area contributed by atoms with E-state index in [1.807, 2.05) is 0 Å². The van der Waals surface area contributed by atoms with Gasteiger partial charge in [0.15, 0.2) is 0 Å². The van der Waals surface area contributed by atoms with Gasteiger partial charge in [0.1, 0.15) is 0 Å². The van der Waals surface area contributed by atoms with Gasteiger partial charge in [-0.2, -0.15) is 0 Å². The minimum absolute atomic E-state index is 0.277. The molecule has 2 aromatic rings. The van der Waals surface area contributed by atoms with E-state index in [1.165, 1.54) is 11.3 Å². The molecule has 5 heteroatoms. The number of hydrogen-bond acceptors (Lipinski definition) is 4. The zero-order valence-corrected chi connectivity index (χ0v) is 9.87. The normalized spacial score (nSPS) is 19.9. The molecule has 1 aliphatic heterocycles. The van der Waals surface area contributed by atoms with E-state index in [-0.39, 0.29) is 5.92 Å². The maximum Gasteiger partial charge on any atom is 0.335 e. The number of benzene rings is 1. The first-order valence-corrected chi connectivity index (χ1v) is 6.32. The van der Waals surface area contributed by atoms with E-state index in [1.54, 1.807) is 17.6 Å². The summed E-state index contributed by atoms with van der Waals surface area (Å²) >= 11 is 1.48. The van der Waals surface area contributed by atoms with Crippen LogP contribution in [0.1, 0.15) is 28.3 Å². The number of aromatic carboxylic acids is 1. The van der Waals surface area contributed by atoms with Crippen molar-refractivity contribution in [3.8, 4) is 0 Å². The fourth-order valence-corrected chi connectivity index (χ4v) is 2.96. The molecule has 88 valence electrons. The monoisotopic (exact) mass is 249 g/mol. The lowest BCUT2D eigenvalue weighted by molar-refractivity contribution is 0.0697. The van der Waals surface area contributed by atoms with Crippen LogP contribution in [0.5, 0.6) is 0 Å². The second kappa shape index (κ2) is 4.09. The van der Waals surface area contributed by atoms with Crippen molar-refractivity contribution in [1.29, 1.82) is 0 Å². The van der Waals surface area contributed by atoms with Gasteiger partial charge in [0, 0.05) is 12.5 Å². The number of rotatable bonds is 2. The van der Waals surface area contributed by atoms with Crippen molar-refractivity contribution >= 4 is 27.5 Å². The van der Waals surface area contributed by atoms with Crippen molar-refractivity contribution in [3.05, 3.63) is 28.8 Å². The predicted molar refractivity (Wildman–Crippen MR) is 64.8 cm³/mol. The summed E-state index contributed by atoms with van der Waals surface area (Å²) in [5, 5.41) is 9.10. The fourth-order valence-electron chi connectivity index (χ4n) is 2.21. The molecule has 0 saturated carbocycles. The Labute approximate surface area is 102 Å². The fraction of sp³-hybridized carbons (Fsp3) is 0.333. The molecule has 17 heavy (non-hydrogen) atoms. The minimum atomic E-state index is -0.888. The first-order chi connectivity index (χ1) is 8.25. The summed E-state index contributed by atoms with van der Waals surface area (Å²) in [4.78, 5) is 15.4. The molecule has 1 aromatic heterocycles. The van der Waals surface area contributed by atoms with Gasteiger partial charge in [-0.15, -0.1) is 11.3 Å². The summed E-state index contributed by atoms with van der Waals surface area (Å²) in [6.45, 7) is 1.41. The molecule has 0 amide bonds. The van der Waals surface area contributed by atoms with Crippen LogP contribution in [0, 0.1) is 0 Å². The van der Waals surface area contributed by atoms with Gasteiger partial charge in [0.2, 0.25) is 0 Å². The number of ether oxygens (including phenoxy) is 1. The topological polar surface area (TPSA) is 59.4 Å². The third-order valence-electron chi connectivity index (χ3n) is 3.08. The molecule has 1 aliphatic rings. The lowest BCUT2D eigenvalue weighted by Crippen LogP contribution is -2.03. The van der Waals surface area contributed by atoms with Crippen molar-refractivity contribution in [1.82, 2.24) is 4.98 Å². The van der Waals surface area contributed by atoms with E-state index >= 15 is 0 Å². The van der Waals surface area contributed by atoms with Gasteiger partial charge in [-0.05, 0) is 24.1 Å². The molecule has 0 bridgehead atoms. The Balaban J connectivity index is 2.19. The SMILES string of the molecule is O=C(O)c1cc(C2CCOC2)c2ncsc2c1. The molecule has 2 heterocycles. The lowest BCUT2D eigenvalue weighted by atomic mass is 9.95. The molecule has 1 atom stereocenters. The Hall–Kier alpha value is -1.46. The Bertz CT molecular complexity index is 572. The summed E-state index contributed by atoms with van der Waals surface area (Å²) < 4.78 is 6.30. The van der Waals surface area contributed by atoms with Crippen molar-refractivity contribution in [2.45, 2.75) is 12.3 Å². The summed E-state index contributed by atoms with van der Waals surface area (Å²) in [5.74, 6) is -0.612. The van der Waals surface area contributed by atoms with Crippen molar-refractivity contribution in [2.75, 3.05) is 13.2 Å². The Morgan fingerprint density at radius 1 is 1.53 bits per heavy atom. The first-order valence-electron chi connectivity index (χ1n) is 5.44. The maximum absolute atomic E-state index is 11.1. The van der Waals surface area contributed by atoms with Crippen LogP contribution in [0.3, 0.4) is 0 Å². The van der Waals surface area contributed by atoms with E-state index in [9.17, 15) is 4.79 Å². The van der Waals surface area contributed by atoms with Crippen LogP contribution in [-0.2, 0) is 4.74 Å². The summed E-state index contributed by atoms with van der Waals surface area (Å²) in [5.41, 5.74) is 4.04. The number of fused-ring (bicyclic) bond motifs is 1. The average molecular weight is 249 g/mol. The second-order valence-corrected chi connectivity index (χ2v) is 5.02. The van der Waals surface area contributed by atoms with Gasteiger partial charge in [-0.1, -0.05) is 0 Å². The molecule has 0 spiro atoms. The van der Waals surface area contributed by atoms with Crippen LogP contribution in [0.2, 0.25) is 0 Å². The standard InChI is InChI=1S/C12H11NO3S/c14-12(15)8-3-9(7-1-2-16-5-7)11-10(4-8)17-6-13-11/h3-4,6-7H,1-2,5H2,(H,14,15). The third kappa shape index (κ3) is 1.81. The molecule has 0 aliphatic carbocycles. The van der Waals surface area contributed by atoms with Crippen LogP contribution in [0.25, 0.3) is 10.2 Å². The molecular weight excluding hydrogens is 238 g/mol. The molecule has 4 nitrogen and oxygen atoms in total. The summed E-state index contributed by atoms with van der Waals surface area (Å²) in [6.07, 6.45) is 0.940. The van der Waals surface area contributed by atoms with Crippen molar-refractivity contribution < 1.29 is 14.6 Å². The van der Waals surface area contributed by atoms with Crippen LogP contribution in [-0.4, -0.2) is 29.3 Å². The Morgan fingerprint density at radius 2 is 2.41 bits per heavy atom. The van der Waals surface area contributed by atoms with E-state index in [0.29, 0.717) is 12.2 Å². The molecular formula is C12H11NO3S. The highest BCUT2D eigenvalue weighted by atomic mass is 32.1. The largest absolute Gasteiger partial charge is 0.478 e. The molecule has 3 rings (SSSR count). The first kappa shape index (κ1) is 10.7. The predicted octanol–water partition coefficient (Wildman–Crippen LogP) is 2.50. The van der Waals surface area contributed by atoms with E-state index in [2.05, 4.69) is 4.98 Å². The minimum Gasteiger partial charge on any atom is -0.478 e. The van der Waals surface area contributed by atoms with Crippen molar-refractivity contribution in [2.24, 2.45) is 0 Å². The van der Waals surface area contributed by atoms with E-state index in [0.717, 1.165) is 28.8 Å². The number of aromatic nitrogens is 1. The number of carbonyl (C=O) groups is 1. The van der Waals surface area contributed by atoms with E-state index in [4.69, 9.17) is 9.84 Å². The van der Waals surface area contributed by atoms with Crippen LogP contribution in [0.15, 0.2) is 17.6 Å². The number of carboxylic acids is 1. The zero-order valence-electron chi connectivity index (χ0n) is 9.05. The molecule has 0 radical (unpaired) electrons. The van der Waals surface area contributed by atoms with Gasteiger partial charge in [0.25, 0.3) is 0 Å².